The van der Waals surface area contributed by atoms with Gasteiger partial charge < -0.3 is 14.6 Å². The number of nitrogens with zero attached hydrogens (tertiary/aromatic N) is 5. The lowest BCUT2D eigenvalue weighted by molar-refractivity contribution is -0.387. The Kier molecular flexibility index (Phi) is 6.51. The van der Waals surface area contributed by atoms with Crippen LogP contribution in [0.15, 0.2) is 71.0 Å². The van der Waals surface area contributed by atoms with E-state index in [-0.39, 0.29) is 11.6 Å². The minimum absolute atomic E-state index is 0.0982. The number of carbonyl (C=O) groups excluding carboxylic acids is 1. The quantitative estimate of drug-likeness (QED) is 0.188. The topological polar surface area (TPSA) is 127 Å². The van der Waals surface area contributed by atoms with Crippen LogP contribution in [-0.2, 0) is 9.53 Å². The molecule has 2 aromatic heterocycles. The van der Waals surface area contributed by atoms with Crippen LogP contribution >= 0.6 is 11.8 Å². The fourth-order valence-electron chi connectivity index (χ4n) is 3.70. The molecular formula is C24H20N6O4S. The standard InChI is InChI=1S/C24H20N6O4S/c31-23(29-10-12-34-13-11-29)17(22-27-18-4-1-2-5-19(18)28-22)14-16-6-7-21(20(15-16)30(32)33)35-24-25-8-3-9-26-24/h1-9,14-15H,10-13H2,(H,27,28). The smallest absolute Gasteiger partial charge is 0.283 e. The number of ether oxygens (including phenoxy) is 1. The molecule has 5 rings (SSSR count). The van der Waals surface area contributed by atoms with Crippen LogP contribution in [0, 0.1) is 10.1 Å². The number of fused-ring (bicyclic) bond motifs is 1. The maximum Gasteiger partial charge on any atom is 0.283 e. The Hall–Kier alpha value is -4.09. The van der Waals surface area contributed by atoms with E-state index >= 15 is 0 Å². The summed E-state index contributed by atoms with van der Waals surface area (Å²) in [5.41, 5.74) is 2.25. The predicted molar refractivity (Wildman–Crippen MR) is 131 cm³/mol. The van der Waals surface area contributed by atoms with Crippen molar-refractivity contribution >= 4 is 46.0 Å². The zero-order chi connectivity index (χ0) is 24.2. The zero-order valence-corrected chi connectivity index (χ0v) is 19.3. The van der Waals surface area contributed by atoms with E-state index < -0.39 is 4.92 Å². The molecule has 11 heteroatoms. The van der Waals surface area contributed by atoms with E-state index in [4.69, 9.17) is 4.74 Å². The van der Waals surface area contributed by atoms with Gasteiger partial charge in [0.05, 0.1) is 39.6 Å². The Balaban J connectivity index is 1.56. The van der Waals surface area contributed by atoms with Crippen LogP contribution in [0.2, 0.25) is 0 Å². The van der Waals surface area contributed by atoms with E-state index in [2.05, 4.69) is 19.9 Å². The van der Waals surface area contributed by atoms with Gasteiger partial charge in [-0.3, -0.25) is 14.9 Å². The summed E-state index contributed by atoms with van der Waals surface area (Å²) in [6, 6.07) is 14.0. The van der Waals surface area contributed by atoms with E-state index in [0.717, 1.165) is 22.8 Å². The number of hydrogen-bond acceptors (Lipinski definition) is 8. The molecule has 0 aliphatic carbocycles. The van der Waals surface area contributed by atoms with Gasteiger partial charge in [0.25, 0.3) is 11.6 Å². The predicted octanol–water partition coefficient (Wildman–Crippen LogP) is 3.81. The molecule has 10 nitrogen and oxygen atoms in total. The number of para-hydroxylation sites is 2. The summed E-state index contributed by atoms with van der Waals surface area (Å²) < 4.78 is 5.38. The van der Waals surface area contributed by atoms with Gasteiger partial charge in [-0.2, -0.15) is 0 Å². The number of rotatable bonds is 6. The molecule has 4 aromatic rings. The first-order chi connectivity index (χ1) is 17.1. The van der Waals surface area contributed by atoms with Crippen LogP contribution in [0.3, 0.4) is 0 Å². The lowest BCUT2D eigenvalue weighted by Gasteiger charge is -2.27. The van der Waals surface area contributed by atoms with Crippen LogP contribution in [0.5, 0.6) is 0 Å². The molecule has 0 atom stereocenters. The van der Waals surface area contributed by atoms with Crippen LogP contribution in [0.1, 0.15) is 11.4 Å². The van der Waals surface area contributed by atoms with E-state index in [1.54, 1.807) is 41.6 Å². The van der Waals surface area contributed by atoms with Crippen molar-refractivity contribution in [3.63, 3.8) is 0 Å². The number of amides is 1. The monoisotopic (exact) mass is 488 g/mol. The summed E-state index contributed by atoms with van der Waals surface area (Å²) >= 11 is 1.11. The van der Waals surface area contributed by atoms with E-state index in [1.807, 2.05) is 24.3 Å². The number of nitrogens with one attached hydrogen (secondary N) is 1. The van der Waals surface area contributed by atoms with Crippen molar-refractivity contribution in [2.24, 2.45) is 0 Å². The fraction of sp³-hybridized carbons (Fsp3) is 0.167. The normalized spacial score (nSPS) is 14.3. The molecule has 1 saturated heterocycles. The van der Waals surface area contributed by atoms with Crippen molar-refractivity contribution in [1.29, 1.82) is 0 Å². The molecule has 0 saturated carbocycles. The molecule has 0 unspecified atom stereocenters. The second-order valence-electron chi connectivity index (χ2n) is 7.68. The number of nitro benzene ring substituents is 1. The second kappa shape index (κ2) is 10.0. The highest BCUT2D eigenvalue weighted by Gasteiger charge is 2.25. The SMILES string of the molecule is O=C(C(=Cc1ccc(Sc2ncccn2)c([N+](=O)[O-])c1)c1nc2ccccc2[nH]1)N1CCOCC1. The lowest BCUT2D eigenvalue weighted by atomic mass is 10.1. The number of hydrogen-bond donors (Lipinski definition) is 1. The fourth-order valence-corrected chi connectivity index (χ4v) is 4.50. The summed E-state index contributed by atoms with van der Waals surface area (Å²) in [5, 5.41) is 12.2. The van der Waals surface area contributed by atoms with E-state index in [9.17, 15) is 14.9 Å². The highest BCUT2D eigenvalue weighted by atomic mass is 32.2. The minimum Gasteiger partial charge on any atom is -0.378 e. The van der Waals surface area contributed by atoms with Gasteiger partial charge in [0.2, 0.25) is 0 Å². The largest absolute Gasteiger partial charge is 0.378 e. The number of morpholine rings is 1. The third kappa shape index (κ3) is 5.05. The lowest BCUT2D eigenvalue weighted by Crippen LogP contribution is -2.41. The molecule has 3 heterocycles. The summed E-state index contributed by atoms with van der Waals surface area (Å²) in [5.74, 6) is 0.188. The summed E-state index contributed by atoms with van der Waals surface area (Å²) in [6.45, 7) is 1.84. The molecule has 2 aromatic carbocycles. The van der Waals surface area contributed by atoms with Gasteiger partial charge >= 0.3 is 0 Å². The molecular weight excluding hydrogens is 468 g/mol. The number of H-pyrrole nitrogens is 1. The molecule has 0 spiro atoms. The zero-order valence-electron chi connectivity index (χ0n) is 18.5. The average molecular weight is 489 g/mol. The Labute approximate surface area is 204 Å². The highest BCUT2D eigenvalue weighted by Crippen LogP contribution is 2.34. The molecule has 176 valence electrons. The molecule has 1 aliphatic heterocycles. The average Bonchev–Trinajstić information content (AvgIpc) is 3.32. The number of benzene rings is 2. The Morgan fingerprint density at radius 1 is 1.11 bits per heavy atom. The van der Waals surface area contributed by atoms with Crippen molar-refractivity contribution in [1.82, 2.24) is 24.8 Å². The van der Waals surface area contributed by atoms with E-state index in [0.29, 0.717) is 53.3 Å². The van der Waals surface area contributed by atoms with Crippen LogP contribution in [0.25, 0.3) is 22.7 Å². The van der Waals surface area contributed by atoms with Gasteiger partial charge in [-0.1, -0.05) is 18.2 Å². The van der Waals surface area contributed by atoms with Crippen molar-refractivity contribution in [2.45, 2.75) is 10.1 Å². The summed E-state index contributed by atoms with van der Waals surface area (Å²) in [7, 11) is 0. The molecule has 0 bridgehead atoms. The number of aromatic amines is 1. The van der Waals surface area contributed by atoms with Crippen LogP contribution < -0.4 is 0 Å². The number of carbonyl (C=O) groups is 1. The Morgan fingerprint density at radius 3 is 2.63 bits per heavy atom. The maximum atomic E-state index is 13.5. The molecule has 1 fully saturated rings. The van der Waals surface area contributed by atoms with Crippen molar-refractivity contribution in [2.75, 3.05) is 26.3 Å². The first-order valence-corrected chi connectivity index (χ1v) is 11.7. The molecule has 35 heavy (non-hydrogen) atoms. The second-order valence-corrected chi connectivity index (χ2v) is 8.69. The van der Waals surface area contributed by atoms with E-state index in [1.165, 1.54) is 6.07 Å². The first kappa shape index (κ1) is 22.7. The molecule has 0 radical (unpaired) electrons. The molecule has 1 aliphatic rings. The number of aromatic nitrogens is 4. The molecule has 1 N–H and O–H groups in total. The van der Waals surface area contributed by atoms with Gasteiger partial charge in [-0.05, 0) is 47.7 Å². The van der Waals surface area contributed by atoms with Gasteiger partial charge in [0.15, 0.2) is 5.16 Å². The third-order valence-corrected chi connectivity index (χ3v) is 6.37. The van der Waals surface area contributed by atoms with Crippen molar-refractivity contribution in [3.8, 4) is 0 Å². The van der Waals surface area contributed by atoms with Crippen LogP contribution in [0.4, 0.5) is 5.69 Å². The Morgan fingerprint density at radius 2 is 1.89 bits per heavy atom. The van der Waals surface area contributed by atoms with Gasteiger partial charge in [-0.15, -0.1) is 0 Å². The number of nitro groups is 1. The van der Waals surface area contributed by atoms with Crippen LogP contribution in [-0.4, -0.2) is 62.0 Å². The summed E-state index contributed by atoms with van der Waals surface area (Å²) in [6.07, 6.45) is 4.79. The first-order valence-electron chi connectivity index (χ1n) is 10.9. The number of imidazole rings is 1. The summed E-state index contributed by atoms with van der Waals surface area (Å²) in [4.78, 5) is 43.0. The van der Waals surface area contributed by atoms with Gasteiger partial charge in [-0.25, -0.2) is 15.0 Å². The highest BCUT2D eigenvalue weighted by molar-refractivity contribution is 7.99. The van der Waals surface area contributed by atoms with Gasteiger partial charge in [0.1, 0.15) is 5.82 Å². The van der Waals surface area contributed by atoms with Crippen molar-refractivity contribution < 1.29 is 14.5 Å². The van der Waals surface area contributed by atoms with Gasteiger partial charge in [0, 0.05) is 31.5 Å². The molecule has 1 amide bonds. The van der Waals surface area contributed by atoms with Crippen molar-refractivity contribution in [3.05, 3.63) is 82.4 Å². The maximum absolute atomic E-state index is 13.5. The minimum atomic E-state index is -0.451. The third-order valence-electron chi connectivity index (χ3n) is 5.41. The Bertz CT molecular complexity index is 1380.